The molecular weight excluding hydrogens is 310 g/mol. The number of nitrogens with zero attached hydrogens (tertiary/aromatic N) is 3. The van der Waals surface area contributed by atoms with Crippen molar-refractivity contribution < 1.29 is 0 Å². The number of rotatable bonds is 5. The van der Waals surface area contributed by atoms with Crippen LogP contribution in [0.25, 0.3) is 5.69 Å². The van der Waals surface area contributed by atoms with Crippen LogP contribution in [0.4, 0.5) is 0 Å². The first-order chi connectivity index (χ1) is 12.2. The first-order valence-corrected chi connectivity index (χ1v) is 8.33. The van der Waals surface area contributed by atoms with Crippen LogP contribution in [0, 0.1) is 6.92 Å². The van der Waals surface area contributed by atoms with Gasteiger partial charge in [0.2, 0.25) is 0 Å². The Morgan fingerprint density at radius 2 is 1.64 bits per heavy atom. The molecule has 5 heteroatoms. The van der Waals surface area contributed by atoms with Gasteiger partial charge in [0.05, 0.1) is 11.9 Å². The predicted octanol–water partition coefficient (Wildman–Crippen LogP) is 3.05. The summed E-state index contributed by atoms with van der Waals surface area (Å²) in [6.07, 6.45) is 3.89. The molecule has 1 heterocycles. The van der Waals surface area contributed by atoms with Gasteiger partial charge in [-0.15, -0.1) is 0 Å². The molecule has 25 heavy (non-hydrogen) atoms. The van der Waals surface area contributed by atoms with Gasteiger partial charge in [-0.2, -0.15) is 5.10 Å². The molecule has 0 spiro atoms. The Morgan fingerprint density at radius 3 is 2.32 bits per heavy atom. The van der Waals surface area contributed by atoms with Crippen molar-refractivity contribution in [2.24, 2.45) is 4.99 Å². The van der Waals surface area contributed by atoms with Crippen molar-refractivity contribution in [3.05, 3.63) is 83.7 Å². The van der Waals surface area contributed by atoms with Gasteiger partial charge >= 0.3 is 0 Å². The van der Waals surface area contributed by atoms with Crippen LogP contribution in [0.2, 0.25) is 0 Å². The smallest absolute Gasteiger partial charge is 0.191 e. The molecule has 2 N–H and O–H groups in total. The Balaban J connectivity index is 1.53. The Morgan fingerprint density at radius 1 is 0.960 bits per heavy atom. The van der Waals surface area contributed by atoms with Crippen molar-refractivity contribution in [2.45, 2.75) is 20.0 Å². The number of benzene rings is 2. The van der Waals surface area contributed by atoms with Gasteiger partial charge in [-0.3, -0.25) is 4.99 Å². The largest absolute Gasteiger partial charge is 0.352 e. The van der Waals surface area contributed by atoms with E-state index in [2.05, 4.69) is 51.9 Å². The summed E-state index contributed by atoms with van der Waals surface area (Å²) in [5.41, 5.74) is 4.64. The quantitative estimate of drug-likeness (QED) is 0.557. The van der Waals surface area contributed by atoms with Crippen molar-refractivity contribution in [1.29, 1.82) is 0 Å². The Hall–Kier alpha value is -3.08. The van der Waals surface area contributed by atoms with Crippen LogP contribution in [0.15, 0.2) is 72.0 Å². The predicted molar refractivity (Wildman–Crippen MR) is 102 cm³/mol. The lowest BCUT2D eigenvalue weighted by Gasteiger charge is -2.11. The molecule has 0 unspecified atom stereocenters. The van der Waals surface area contributed by atoms with E-state index in [9.17, 15) is 0 Å². The second kappa shape index (κ2) is 8.15. The fourth-order valence-corrected chi connectivity index (χ4v) is 2.47. The van der Waals surface area contributed by atoms with Crippen LogP contribution in [0.3, 0.4) is 0 Å². The van der Waals surface area contributed by atoms with Gasteiger partial charge in [0, 0.05) is 31.9 Å². The molecule has 5 nitrogen and oxygen atoms in total. The third-order valence-corrected chi connectivity index (χ3v) is 3.92. The van der Waals surface area contributed by atoms with Crippen LogP contribution in [0.1, 0.15) is 16.7 Å². The van der Waals surface area contributed by atoms with Crippen molar-refractivity contribution in [2.75, 3.05) is 7.05 Å². The molecule has 3 aromatic rings. The second-order valence-corrected chi connectivity index (χ2v) is 5.89. The normalized spacial score (nSPS) is 11.4. The first kappa shape index (κ1) is 16.8. The fourth-order valence-electron chi connectivity index (χ4n) is 2.47. The number of nitrogens with one attached hydrogen (secondary N) is 2. The molecule has 0 fully saturated rings. The molecule has 0 atom stereocenters. The van der Waals surface area contributed by atoms with E-state index in [1.807, 2.05) is 47.4 Å². The third kappa shape index (κ3) is 4.70. The molecule has 0 aliphatic carbocycles. The molecule has 0 amide bonds. The lowest BCUT2D eigenvalue weighted by atomic mass is 10.1. The Kier molecular flexibility index (Phi) is 5.46. The summed E-state index contributed by atoms with van der Waals surface area (Å²) < 4.78 is 1.87. The first-order valence-electron chi connectivity index (χ1n) is 8.33. The minimum Gasteiger partial charge on any atom is -0.352 e. The van der Waals surface area contributed by atoms with E-state index in [0.717, 1.165) is 23.8 Å². The highest BCUT2D eigenvalue weighted by atomic mass is 15.3. The molecule has 0 radical (unpaired) electrons. The minimum atomic E-state index is 0.667. The average molecular weight is 333 g/mol. The molecule has 0 bridgehead atoms. The van der Waals surface area contributed by atoms with E-state index >= 15 is 0 Å². The van der Waals surface area contributed by atoms with Gasteiger partial charge in [-0.25, -0.2) is 4.68 Å². The zero-order valence-electron chi connectivity index (χ0n) is 14.6. The SMILES string of the molecule is CN=C(NCc1ccc(C)cc1)NCc1cnn(-c2ccccc2)c1. The third-order valence-electron chi connectivity index (χ3n) is 3.92. The zero-order chi connectivity index (χ0) is 17.5. The molecule has 0 saturated heterocycles. The van der Waals surface area contributed by atoms with Crippen LogP contribution < -0.4 is 10.6 Å². The summed E-state index contributed by atoms with van der Waals surface area (Å²) in [7, 11) is 1.78. The van der Waals surface area contributed by atoms with E-state index < -0.39 is 0 Å². The molecule has 0 saturated carbocycles. The molecule has 128 valence electrons. The molecule has 0 aliphatic rings. The number of para-hydroxylation sites is 1. The number of hydrogen-bond donors (Lipinski definition) is 2. The summed E-state index contributed by atoms with van der Waals surface area (Å²) in [5, 5.41) is 11.1. The standard InChI is InChI=1S/C20H23N5/c1-16-8-10-17(11-9-16)12-22-20(21-2)23-13-18-14-24-25(15-18)19-6-4-3-5-7-19/h3-11,14-15H,12-13H2,1-2H3,(H2,21,22,23). The van der Waals surface area contributed by atoms with E-state index in [1.54, 1.807) is 7.05 Å². The van der Waals surface area contributed by atoms with Crippen molar-refractivity contribution in [3.63, 3.8) is 0 Å². The maximum atomic E-state index is 4.41. The van der Waals surface area contributed by atoms with Gasteiger partial charge in [0.1, 0.15) is 0 Å². The zero-order valence-corrected chi connectivity index (χ0v) is 14.6. The summed E-state index contributed by atoms with van der Waals surface area (Å²) in [6, 6.07) is 18.6. The van der Waals surface area contributed by atoms with Crippen LogP contribution >= 0.6 is 0 Å². The molecule has 3 rings (SSSR count). The van der Waals surface area contributed by atoms with E-state index in [4.69, 9.17) is 0 Å². The number of aromatic nitrogens is 2. The molecule has 1 aromatic heterocycles. The molecule has 0 aliphatic heterocycles. The van der Waals surface area contributed by atoms with Crippen LogP contribution in [0.5, 0.6) is 0 Å². The summed E-state index contributed by atoms with van der Waals surface area (Å²) in [5.74, 6) is 0.771. The second-order valence-electron chi connectivity index (χ2n) is 5.89. The summed E-state index contributed by atoms with van der Waals surface area (Å²) >= 11 is 0. The summed E-state index contributed by atoms with van der Waals surface area (Å²) in [6.45, 7) is 3.50. The monoisotopic (exact) mass is 333 g/mol. The van der Waals surface area contributed by atoms with Gasteiger partial charge in [-0.05, 0) is 24.6 Å². The van der Waals surface area contributed by atoms with Gasteiger partial charge < -0.3 is 10.6 Å². The van der Waals surface area contributed by atoms with E-state index in [-0.39, 0.29) is 0 Å². The highest BCUT2D eigenvalue weighted by Crippen LogP contribution is 2.07. The van der Waals surface area contributed by atoms with Gasteiger partial charge in [0.25, 0.3) is 0 Å². The Bertz CT molecular complexity index is 819. The van der Waals surface area contributed by atoms with Crippen molar-refractivity contribution >= 4 is 5.96 Å². The summed E-state index contributed by atoms with van der Waals surface area (Å²) in [4.78, 5) is 4.27. The highest BCUT2D eigenvalue weighted by Gasteiger charge is 2.03. The van der Waals surface area contributed by atoms with Crippen molar-refractivity contribution in [3.8, 4) is 5.69 Å². The maximum absolute atomic E-state index is 4.41. The topological polar surface area (TPSA) is 54.2 Å². The number of aryl methyl sites for hydroxylation is 1. The lowest BCUT2D eigenvalue weighted by Crippen LogP contribution is -2.36. The van der Waals surface area contributed by atoms with Gasteiger partial charge in [0.15, 0.2) is 5.96 Å². The molecular formula is C20H23N5. The van der Waals surface area contributed by atoms with E-state index in [1.165, 1.54) is 11.1 Å². The number of guanidine groups is 1. The number of aliphatic imine (C=N–C) groups is 1. The molecule has 2 aromatic carbocycles. The highest BCUT2D eigenvalue weighted by molar-refractivity contribution is 5.79. The van der Waals surface area contributed by atoms with Crippen molar-refractivity contribution in [1.82, 2.24) is 20.4 Å². The lowest BCUT2D eigenvalue weighted by molar-refractivity contribution is 0.808. The number of hydrogen-bond acceptors (Lipinski definition) is 2. The van der Waals surface area contributed by atoms with E-state index in [0.29, 0.717) is 6.54 Å². The van der Waals surface area contributed by atoms with Gasteiger partial charge in [-0.1, -0.05) is 48.0 Å². The fraction of sp³-hybridized carbons (Fsp3) is 0.200. The minimum absolute atomic E-state index is 0.667. The Labute approximate surface area is 148 Å². The maximum Gasteiger partial charge on any atom is 0.191 e. The van der Waals surface area contributed by atoms with Crippen LogP contribution in [-0.2, 0) is 13.1 Å². The van der Waals surface area contributed by atoms with Crippen LogP contribution in [-0.4, -0.2) is 22.8 Å². The average Bonchev–Trinajstić information content (AvgIpc) is 3.13.